The van der Waals surface area contributed by atoms with Gasteiger partial charge >= 0.3 is 0 Å². The molecule has 1 heterocycles. The lowest BCUT2D eigenvalue weighted by molar-refractivity contribution is 0.101. The fourth-order valence-corrected chi connectivity index (χ4v) is 2.12. The molecule has 0 aliphatic rings. The van der Waals surface area contributed by atoms with Gasteiger partial charge in [-0.3, -0.25) is 4.79 Å². The van der Waals surface area contributed by atoms with Crippen LogP contribution in [0.3, 0.4) is 0 Å². The molecule has 0 radical (unpaired) electrons. The zero-order chi connectivity index (χ0) is 16.2. The van der Waals surface area contributed by atoms with Crippen LogP contribution >= 0.6 is 11.6 Å². The molecule has 1 aromatic heterocycles. The number of nitrogens with zero attached hydrogens (tertiary/aromatic N) is 2. The molecule has 0 saturated carbocycles. The molecule has 0 atom stereocenters. The second kappa shape index (κ2) is 6.34. The van der Waals surface area contributed by atoms with Gasteiger partial charge in [-0.1, -0.05) is 22.8 Å². The van der Waals surface area contributed by atoms with Gasteiger partial charge in [-0.05, 0) is 42.5 Å². The van der Waals surface area contributed by atoms with Crippen LogP contribution in [0.1, 0.15) is 16.1 Å². The largest absolute Gasteiger partial charge is 0.355 e. The standard InChI is InChI=1S/C17H10ClN3O2/c18-13-6-4-12(5-7-13)16-9-15(21-23-16)17(22)20-14-3-1-2-11(8-14)10-19/h1-9H,(H,20,22). The van der Waals surface area contributed by atoms with Crippen molar-refractivity contribution in [2.45, 2.75) is 0 Å². The first-order valence-corrected chi connectivity index (χ1v) is 7.08. The Morgan fingerprint density at radius 3 is 2.70 bits per heavy atom. The second-order valence-corrected chi connectivity index (χ2v) is 5.17. The smallest absolute Gasteiger partial charge is 0.277 e. The number of carbonyl (C=O) groups excluding carboxylic acids is 1. The molecule has 3 rings (SSSR count). The molecule has 3 aromatic rings. The molecular weight excluding hydrogens is 314 g/mol. The Hall–Kier alpha value is -3.10. The van der Waals surface area contributed by atoms with Crippen molar-refractivity contribution in [3.8, 4) is 17.4 Å². The normalized spacial score (nSPS) is 10.1. The summed E-state index contributed by atoms with van der Waals surface area (Å²) in [6, 6.07) is 17.2. The van der Waals surface area contributed by atoms with Gasteiger partial charge in [0, 0.05) is 22.3 Å². The molecule has 5 nitrogen and oxygen atoms in total. The fraction of sp³-hybridized carbons (Fsp3) is 0. The number of halogens is 1. The lowest BCUT2D eigenvalue weighted by Crippen LogP contribution is -2.12. The van der Waals surface area contributed by atoms with E-state index < -0.39 is 5.91 Å². The van der Waals surface area contributed by atoms with E-state index in [2.05, 4.69) is 10.5 Å². The molecule has 23 heavy (non-hydrogen) atoms. The zero-order valence-corrected chi connectivity index (χ0v) is 12.5. The number of amides is 1. The average molecular weight is 324 g/mol. The lowest BCUT2D eigenvalue weighted by Gasteiger charge is -2.02. The van der Waals surface area contributed by atoms with Crippen LogP contribution in [0.25, 0.3) is 11.3 Å². The summed E-state index contributed by atoms with van der Waals surface area (Å²) in [5.74, 6) is 0.0571. The summed E-state index contributed by atoms with van der Waals surface area (Å²) in [7, 11) is 0. The summed E-state index contributed by atoms with van der Waals surface area (Å²) in [4.78, 5) is 12.2. The number of aromatic nitrogens is 1. The molecule has 0 aliphatic heterocycles. The van der Waals surface area contributed by atoms with Gasteiger partial charge in [0.15, 0.2) is 11.5 Å². The highest BCUT2D eigenvalue weighted by molar-refractivity contribution is 6.30. The molecule has 2 aromatic carbocycles. The van der Waals surface area contributed by atoms with Crippen LogP contribution < -0.4 is 5.32 Å². The molecule has 1 N–H and O–H groups in total. The Morgan fingerprint density at radius 1 is 1.17 bits per heavy atom. The van der Waals surface area contributed by atoms with Crippen LogP contribution in [0.4, 0.5) is 5.69 Å². The summed E-state index contributed by atoms with van der Waals surface area (Å²) in [5.41, 5.74) is 1.90. The molecule has 0 saturated heterocycles. The first-order valence-electron chi connectivity index (χ1n) is 6.70. The zero-order valence-electron chi connectivity index (χ0n) is 11.8. The van der Waals surface area contributed by atoms with E-state index in [1.54, 1.807) is 54.6 Å². The number of benzene rings is 2. The highest BCUT2D eigenvalue weighted by Crippen LogP contribution is 2.22. The lowest BCUT2D eigenvalue weighted by atomic mass is 10.1. The maximum atomic E-state index is 12.2. The van der Waals surface area contributed by atoms with Crippen LogP contribution in [-0.4, -0.2) is 11.1 Å². The van der Waals surface area contributed by atoms with Crippen LogP contribution in [0, 0.1) is 11.3 Å². The first kappa shape index (κ1) is 14.8. The molecule has 112 valence electrons. The molecular formula is C17H10ClN3O2. The molecule has 1 amide bonds. The summed E-state index contributed by atoms with van der Waals surface area (Å²) >= 11 is 5.84. The van der Waals surface area contributed by atoms with E-state index in [0.717, 1.165) is 5.56 Å². The predicted octanol–water partition coefficient (Wildman–Crippen LogP) is 4.12. The Bertz CT molecular complexity index is 895. The summed E-state index contributed by atoms with van der Waals surface area (Å²) in [6.07, 6.45) is 0. The highest BCUT2D eigenvalue weighted by atomic mass is 35.5. The fourth-order valence-electron chi connectivity index (χ4n) is 1.99. The Kier molecular flexibility index (Phi) is 4.09. The molecule has 0 aliphatic carbocycles. The van der Waals surface area contributed by atoms with Crippen LogP contribution in [0.2, 0.25) is 5.02 Å². The van der Waals surface area contributed by atoms with Crippen molar-refractivity contribution in [1.82, 2.24) is 5.16 Å². The Balaban J connectivity index is 1.78. The monoisotopic (exact) mass is 323 g/mol. The van der Waals surface area contributed by atoms with Gasteiger partial charge in [-0.15, -0.1) is 0 Å². The number of hydrogen-bond acceptors (Lipinski definition) is 4. The second-order valence-electron chi connectivity index (χ2n) is 4.73. The van der Waals surface area contributed by atoms with Gasteiger partial charge < -0.3 is 9.84 Å². The predicted molar refractivity (Wildman–Crippen MR) is 86.1 cm³/mol. The highest BCUT2D eigenvalue weighted by Gasteiger charge is 2.14. The maximum Gasteiger partial charge on any atom is 0.277 e. The Labute approximate surface area is 137 Å². The maximum absolute atomic E-state index is 12.2. The topological polar surface area (TPSA) is 78.9 Å². The molecule has 6 heteroatoms. The van der Waals surface area contributed by atoms with Crippen molar-refractivity contribution >= 4 is 23.2 Å². The van der Waals surface area contributed by atoms with Gasteiger partial charge in [0.1, 0.15) is 0 Å². The van der Waals surface area contributed by atoms with E-state index in [9.17, 15) is 4.79 Å². The van der Waals surface area contributed by atoms with Gasteiger partial charge in [0.05, 0.1) is 11.6 Å². The van der Waals surface area contributed by atoms with E-state index in [0.29, 0.717) is 22.0 Å². The minimum absolute atomic E-state index is 0.150. The van der Waals surface area contributed by atoms with E-state index in [1.165, 1.54) is 0 Å². The molecule has 0 unspecified atom stereocenters. The third-order valence-corrected chi connectivity index (χ3v) is 3.37. The van der Waals surface area contributed by atoms with Gasteiger partial charge in [-0.25, -0.2) is 0 Å². The van der Waals surface area contributed by atoms with Gasteiger partial charge in [-0.2, -0.15) is 5.26 Å². The van der Waals surface area contributed by atoms with Crippen molar-refractivity contribution in [1.29, 1.82) is 5.26 Å². The van der Waals surface area contributed by atoms with Crippen LogP contribution in [0.15, 0.2) is 59.1 Å². The third-order valence-electron chi connectivity index (χ3n) is 3.12. The summed E-state index contributed by atoms with van der Waals surface area (Å²) in [5, 5.41) is 15.9. The van der Waals surface area contributed by atoms with Crippen molar-refractivity contribution < 1.29 is 9.32 Å². The number of nitrogens with one attached hydrogen (secondary N) is 1. The number of hydrogen-bond donors (Lipinski definition) is 1. The quantitative estimate of drug-likeness (QED) is 0.786. The number of nitriles is 1. The van der Waals surface area contributed by atoms with Crippen LogP contribution in [0.5, 0.6) is 0 Å². The molecule has 0 fully saturated rings. The van der Waals surface area contributed by atoms with Gasteiger partial charge in [0.25, 0.3) is 5.91 Å². The third kappa shape index (κ3) is 3.39. The van der Waals surface area contributed by atoms with Crippen molar-refractivity contribution in [3.05, 3.63) is 70.9 Å². The van der Waals surface area contributed by atoms with E-state index in [-0.39, 0.29) is 5.69 Å². The summed E-state index contributed by atoms with van der Waals surface area (Å²) in [6.45, 7) is 0. The molecule has 0 spiro atoms. The van der Waals surface area contributed by atoms with E-state index in [4.69, 9.17) is 21.4 Å². The minimum Gasteiger partial charge on any atom is -0.355 e. The Morgan fingerprint density at radius 2 is 1.96 bits per heavy atom. The SMILES string of the molecule is N#Cc1cccc(NC(=O)c2cc(-c3ccc(Cl)cc3)on2)c1. The number of rotatable bonds is 3. The first-order chi connectivity index (χ1) is 11.2. The van der Waals surface area contributed by atoms with Gasteiger partial charge in [0.2, 0.25) is 0 Å². The average Bonchev–Trinajstić information content (AvgIpc) is 3.06. The van der Waals surface area contributed by atoms with Crippen molar-refractivity contribution in [3.63, 3.8) is 0 Å². The van der Waals surface area contributed by atoms with E-state index >= 15 is 0 Å². The van der Waals surface area contributed by atoms with Crippen LogP contribution in [-0.2, 0) is 0 Å². The summed E-state index contributed by atoms with van der Waals surface area (Å²) < 4.78 is 5.19. The number of carbonyl (C=O) groups is 1. The molecule has 0 bridgehead atoms. The van der Waals surface area contributed by atoms with E-state index in [1.807, 2.05) is 6.07 Å². The number of anilines is 1. The van der Waals surface area contributed by atoms with Crippen molar-refractivity contribution in [2.75, 3.05) is 5.32 Å². The minimum atomic E-state index is -0.413. The van der Waals surface area contributed by atoms with Crippen molar-refractivity contribution in [2.24, 2.45) is 0 Å².